The molecule has 2 N–H and O–H groups in total. The molecular formula is C18H27N3. The van der Waals surface area contributed by atoms with Gasteiger partial charge in [-0.2, -0.15) is 0 Å². The van der Waals surface area contributed by atoms with Crippen LogP contribution < -0.4 is 5.73 Å². The van der Waals surface area contributed by atoms with Gasteiger partial charge in [-0.25, -0.2) is 4.98 Å². The van der Waals surface area contributed by atoms with Crippen molar-refractivity contribution < 1.29 is 0 Å². The minimum Gasteiger partial charge on any atom is -0.399 e. The van der Waals surface area contributed by atoms with Crippen LogP contribution in [-0.4, -0.2) is 9.55 Å². The highest BCUT2D eigenvalue weighted by Gasteiger charge is 2.33. The smallest absolute Gasteiger partial charge is 0.109 e. The highest BCUT2D eigenvalue weighted by Crippen LogP contribution is 2.43. The van der Waals surface area contributed by atoms with Crippen molar-refractivity contribution in [3.05, 3.63) is 24.0 Å². The Hall–Kier alpha value is -1.51. The Morgan fingerprint density at radius 1 is 1.24 bits per heavy atom. The number of nitrogen functional groups attached to an aromatic ring is 1. The van der Waals surface area contributed by atoms with Crippen LogP contribution in [0.4, 0.5) is 5.69 Å². The summed E-state index contributed by atoms with van der Waals surface area (Å²) in [7, 11) is 0. The third-order valence-corrected chi connectivity index (χ3v) is 5.23. The average molecular weight is 285 g/mol. The van der Waals surface area contributed by atoms with Crippen molar-refractivity contribution in [1.29, 1.82) is 0 Å². The molecular weight excluding hydrogens is 258 g/mol. The molecule has 1 aromatic carbocycles. The van der Waals surface area contributed by atoms with Crippen LogP contribution in [0.1, 0.15) is 58.2 Å². The summed E-state index contributed by atoms with van der Waals surface area (Å²) in [4.78, 5) is 4.85. The standard InChI is InChI=1S/C18H27N3/c1-3-7-17-20-15-12-14(19)8-9-16(15)21(17)13-18(4-2)10-5-6-11-18/h8-9,12H,3-7,10-11,13,19H2,1-2H3. The number of fused-ring (bicyclic) bond motifs is 1. The fraction of sp³-hybridized carbons (Fsp3) is 0.611. The second kappa shape index (κ2) is 5.70. The maximum absolute atomic E-state index is 5.92. The summed E-state index contributed by atoms with van der Waals surface area (Å²) in [6.45, 7) is 5.70. The first kappa shape index (κ1) is 14.4. The topological polar surface area (TPSA) is 43.8 Å². The molecule has 0 aliphatic heterocycles. The van der Waals surface area contributed by atoms with Crippen molar-refractivity contribution >= 4 is 16.7 Å². The van der Waals surface area contributed by atoms with E-state index >= 15 is 0 Å². The van der Waals surface area contributed by atoms with Crippen molar-refractivity contribution in [2.75, 3.05) is 5.73 Å². The summed E-state index contributed by atoms with van der Waals surface area (Å²) in [6.07, 6.45) is 8.96. The highest BCUT2D eigenvalue weighted by atomic mass is 15.1. The number of hydrogen-bond acceptors (Lipinski definition) is 2. The summed E-state index contributed by atoms with van der Waals surface area (Å²) in [5.74, 6) is 1.23. The lowest BCUT2D eigenvalue weighted by atomic mass is 9.83. The number of anilines is 1. The number of rotatable bonds is 5. The van der Waals surface area contributed by atoms with E-state index in [1.807, 2.05) is 12.1 Å². The molecule has 0 bridgehead atoms. The van der Waals surface area contributed by atoms with Crippen LogP contribution in [-0.2, 0) is 13.0 Å². The van der Waals surface area contributed by atoms with Crippen molar-refractivity contribution in [3.63, 3.8) is 0 Å². The lowest BCUT2D eigenvalue weighted by Gasteiger charge is -2.29. The van der Waals surface area contributed by atoms with Crippen LogP contribution in [0.25, 0.3) is 11.0 Å². The zero-order chi connectivity index (χ0) is 14.9. The molecule has 1 aromatic heterocycles. The zero-order valence-electron chi connectivity index (χ0n) is 13.4. The molecule has 1 aliphatic rings. The third-order valence-electron chi connectivity index (χ3n) is 5.23. The number of nitrogens with two attached hydrogens (primary N) is 1. The van der Waals surface area contributed by atoms with Crippen molar-refractivity contribution in [3.8, 4) is 0 Å². The Bertz CT molecular complexity index is 621. The van der Waals surface area contributed by atoms with E-state index in [0.717, 1.165) is 30.6 Å². The summed E-state index contributed by atoms with van der Waals surface area (Å²) < 4.78 is 2.48. The summed E-state index contributed by atoms with van der Waals surface area (Å²) in [6, 6.07) is 6.16. The molecule has 0 amide bonds. The predicted molar refractivity (Wildman–Crippen MR) is 89.3 cm³/mol. The van der Waals surface area contributed by atoms with E-state index in [0.29, 0.717) is 5.41 Å². The molecule has 3 rings (SSSR count). The van der Waals surface area contributed by atoms with Crippen molar-refractivity contribution in [1.82, 2.24) is 9.55 Å². The Kier molecular flexibility index (Phi) is 3.92. The second-order valence-corrected chi connectivity index (χ2v) is 6.67. The van der Waals surface area contributed by atoms with Gasteiger partial charge in [-0.3, -0.25) is 0 Å². The minimum absolute atomic E-state index is 0.484. The molecule has 114 valence electrons. The Balaban J connectivity index is 2.04. The number of hydrogen-bond donors (Lipinski definition) is 1. The van der Waals surface area contributed by atoms with E-state index < -0.39 is 0 Å². The van der Waals surface area contributed by atoms with Gasteiger partial charge in [-0.15, -0.1) is 0 Å². The predicted octanol–water partition coefficient (Wildman–Crippen LogP) is 4.54. The second-order valence-electron chi connectivity index (χ2n) is 6.67. The highest BCUT2D eigenvalue weighted by molar-refractivity contribution is 5.79. The third kappa shape index (κ3) is 2.66. The van der Waals surface area contributed by atoms with Gasteiger partial charge in [0.05, 0.1) is 11.0 Å². The van der Waals surface area contributed by atoms with Gasteiger partial charge in [-0.05, 0) is 49.3 Å². The van der Waals surface area contributed by atoms with E-state index in [4.69, 9.17) is 10.7 Å². The van der Waals surface area contributed by atoms with Gasteiger partial charge in [0.15, 0.2) is 0 Å². The molecule has 0 saturated heterocycles. The van der Waals surface area contributed by atoms with E-state index in [1.54, 1.807) is 0 Å². The number of aryl methyl sites for hydroxylation is 1. The SMILES string of the molecule is CCCc1nc2cc(N)ccc2n1CC1(CC)CCCC1. The molecule has 0 radical (unpaired) electrons. The van der Waals surface area contributed by atoms with Crippen LogP contribution in [0.2, 0.25) is 0 Å². The van der Waals surface area contributed by atoms with Crippen molar-refractivity contribution in [2.45, 2.75) is 65.3 Å². The first-order valence-corrected chi connectivity index (χ1v) is 8.42. The lowest BCUT2D eigenvalue weighted by Crippen LogP contribution is -2.24. The fourth-order valence-corrected chi connectivity index (χ4v) is 3.87. The first-order chi connectivity index (χ1) is 10.2. The van der Waals surface area contributed by atoms with Crippen LogP contribution >= 0.6 is 0 Å². The quantitative estimate of drug-likeness (QED) is 0.819. The summed E-state index contributed by atoms with van der Waals surface area (Å²) >= 11 is 0. The molecule has 1 heterocycles. The van der Waals surface area contributed by atoms with E-state index in [1.165, 1.54) is 43.4 Å². The molecule has 0 spiro atoms. The molecule has 1 fully saturated rings. The van der Waals surface area contributed by atoms with Gasteiger partial charge in [0.25, 0.3) is 0 Å². The van der Waals surface area contributed by atoms with Crippen molar-refractivity contribution in [2.24, 2.45) is 5.41 Å². The maximum Gasteiger partial charge on any atom is 0.109 e. The Morgan fingerprint density at radius 3 is 2.67 bits per heavy atom. The van der Waals surface area contributed by atoms with Gasteiger partial charge in [0.2, 0.25) is 0 Å². The largest absolute Gasteiger partial charge is 0.399 e. The minimum atomic E-state index is 0.484. The van der Waals surface area contributed by atoms with E-state index in [2.05, 4.69) is 24.5 Å². The molecule has 1 saturated carbocycles. The average Bonchev–Trinajstić information content (AvgIpc) is 3.06. The number of benzene rings is 1. The molecule has 0 atom stereocenters. The molecule has 21 heavy (non-hydrogen) atoms. The molecule has 3 nitrogen and oxygen atoms in total. The van der Waals surface area contributed by atoms with Gasteiger partial charge < -0.3 is 10.3 Å². The fourth-order valence-electron chi connectivity index (χ4n) is 3.87. The van der Waals surface area contributed by atoms with Crippen LogP contribution in [0.5, 0.6) is 0 Å². The number of imidazole rings is 1. The maximum atomic E-state index is 5.92. The number of nitrogens with zero attached hydrogens (tertiary/aromatic N) is 2. The molecule has 2 aromatic rings. The number of aromatic nitrogens is 2. The first-order valence-electron chi connectivity index (χ1n) is 8.42. The van der Waals surface area contributed by atoms with Gasteiger partial charge >= 0.3 is 0 Å². The summed E-state index contributed by atoms with van der Waals surface area (Å²) in [5, 5.41) is 0. The normalized spacial score (nSPS) is 17.6. The monoisotopic (exact) mass is 285 g/mol. The Morgan fingerprint density at radius 2 is 2.00 bits per heavy atom. The molecule has 1 aliphatic carbocycles. The van der Waals surface area contributed by atoms with E-state index in [9.17, 15) is 0 Å². The van der Waals surface area contributed by atoms with Gasteiger partial charge in [0, 0.05) is 18.7 Å². The van der Waals surface area contributed by atoms with Crippen LogP contribution in [0.3, 0.4) is 0 Å². The van der Waals surface area contributed by atoms with Gasteiger partial charge in [-0.1, -0.05) is 26.7 Å². The molecule has 3 heteroatoms. The van der Waals surface area contributed by atoms with Crippen LogP contribution in [0.15, 0.2) is 18.2 Å². The van der Waals surface area contributed by atoms with E-state index in [-0.39, 0.29) is 0 Å². The lowest BCUT2D eigenvalue weighted by molar-refractivity contribution is 0.237. The van der Waals surface area contributed by atoms with Gasteiger partial charge in [0.1, 0.15) is 5.82 Å². The molecule has 0 unspecified atom stereocenters. The van der Waals surface area contributed by atoms with Crippen LogP contribution in [0, 0.1) is 5.41 Å². The summed E-state index contributed by atoms with van der Waals surface area (Å²) in [5.41, 5.74) is 9.53. The zero-order valence-corrected chi connectivity index (χ0v) is 13.4. The Labute approximate surface area is 127 Å².